The third-order valence-electron chi connectivity index (χ3n) is 13.1. The third kappa shape index (κ3) is 4.98. The molecule has 0 amide bonds. The van der Waals surface area contributed by atoms with Crippen molar-refractivity contribution >= 4 is 54.3 Å². The van der Waals surface area contributed by atoms with Crippen molar-refractivity contribution in [2.75, 3.05) is 0 Å². The highest BCUT2D eigenvalue weighted by Gasteiger charge is 2.46. The summed E-state index contributed by atoms with van der Waals surface area (Å²) in [5.41, 5.74) is 14.1. The molecule has 1 atom stereocenters. The summed E-state index contributed by atoms with van der Waals surface area (Å²) < 4.78 is 2.26. The van der Waals surface area contributed by atoms with Crippen LogP contribution < -0.4 is 0 Å². The Hall–Kier alpha value is -8.21. The molecule has 13 rings (SSSR count). The molecule has 3 heterocycles. The molecule has 9 aromatic carbocycles. The Balaban J connectivity index is 1.08. The van der Waals surface area contributed by atoms with Gasteiger partial charge in [-0.05, 0) is 115 Å². The van der Waals surface area contributed by atoms with Crippen molar-refractivity contribution < 1.29 is 0 Å². The predicted octanol–water partition coefficient (Wildman–Crippen LogP) is 14.1. The average molecular weight is 789 g/mol. The van der Waals surface area contributed by atoms with Gasteiger partial charge in [0, 0.05) is 34.1 Å². The first-order valence-electron chi connectivity index (χ1n) is 21.2. The topological polar surface area (TPSA) is 43.6 Å². The number of pyridine rings is 1. The van der Waals surface area contributed by atoms with Crippen LogP contribution in [0.1, 0.15) is 22.3 Å². The molecule has 0 bridgehead atoms. The van der Waals surface area contributed by atoms with E-state index in [0.29, 0.717) is 5.95 Å². The van der Waals surface area contributed by atoms with E-state index < -0.39 is 5.41 Å². The quantitative estimate of drug-likeness (QED) is 0.174. The molecule has 1 aliphatic carbocycles. The molecule has 0 spiro atoms. The maximum atomic E-state index is 5.37. The summed E-state index contributed by atoms with van der Waals surface area (Å²) in [7, 11) is 0. The largest absolute Gasteiger partial charge is 0.278 e. The lowest BCUT2D eigenvalue weighted by Crippen LogP contribution is -2.28. The Morgan fingerprint density at radius 3 is 1.89 bits per heavy atom. The summed E-state index contributed by atoms with van der Waals surface area (Å²) in [6.45, 7) is 0. The van der Waals surface area contributed by atoms with Gasteiger partial charge in [0.05, 0.1) is 27.7 Å². The molecule has 1 unspecified atom stereocenters. The smallest absolute Gasteiger partial charge is 0.235 e. The van der Waals surface area contributed by atoms with E-state index in [1.54, 1.807) is 0 Å². The van der Waals surface area contributed by atoms with E-state index in [0.717, 1.165) is 55.3 Å². The van der Waals surface area contributed by atoms with E-state index >= 15 is 0 Å². The van der Waals surface area contributed by atoms with E-state index in [-0.39, 0.29) is 0 Å². The molecule has 0 saturated carbocycles. The van der Waals surface area contributed by atoms with Crippen molar-refractivity contribution in [3.8, 4) is 39.5 Å². The van der Waals surface area contributed by atoms with Crippen molar-refractivity contribution in [3.63, 3.8) is 0 Å². The van der Waals surface area contributed by atoms with Crippen LogP contribution in [-0.4, -0.2) is 19.5 Å². The molecule has 0 radical (unpaired) electrons. The first-order valence-corrected chi connectivity index (χ1v) is 21.2. The first kappa shape index (κ1) is 34.6. The van der Waals surface area contributed by atoms with Crippen LogP contribution in [0.5, 0.6) is 0 Å². The minimum atomic E-state index is -0.583. The fourth-order valence-electron chi connectivity index (χ4n) is 10.4. The number of benzene rings is 9. The molecule has 0 N–H and O–H groups in total. The van der Waals surface area contributed by atoms with Gasteiger partial charge in [-0.15, -0.1) is 0 Å². The van der Waals surface area contributed by atoms with Crippen LogP contribution in [0, 0.1) is 0 Å². The molecule has 12 aromatic rings. The molecule has 1 aliphatic rings. The summed E-state index contributed by atoms with van der Waals surface area (Å²) in [5, 5.41) is 8.23. The summed E-state index contributed by atoms with van der Waals surface area (Å²) in [5.74, 6) is 0.650. The second-order valence-corrected chi connectivity index (χ2v) is 16.4. The van der Waals surface area contributed by atoms with Crippen LogP contribution >= 0.6 is 0 Å². The lowest BCUT2D eigenvalue weighted by Gasteiger charge is -2.33. The lowest BCUT2D eigenvalue weighted by atomic mass is 9.67. The van der Waals surface area contributed by atoms with Crippen LogP contribution in [0.2, 0.25) is 0 Å². The van der Waals surface area contributed by atoms with Gasteiger partial charge in [-0.1, -0.05) is 158 Å². The zero-order valence-corrected chi connectivity index (χ0v) is 33.6. The maximum Gasteiger partial charge on any atom is 0.235 e. The fourth-order valence-corrected chi connectivity index (χ4v) is 10.4. The van der Waals surface area contributed by atoms with Gasteiger partial charge < -0.3 is 0 Å². The standard InChI is InChI=1S/C58H36N4/c1-3-15-38(16-4-1)56-47-23-11-12-24-52(47)60-57(61-56)62-53-29-27-41(33-49(53)55-45-22-10-9-14-37(45)26-30-54(55)62)42-25-28-46-48-32-39-17-7-8-18-40(39)34-51(48)58(50(46)35-42,43-19-5-2-6-20-43)44-21-13-31-59-36-44/h1-36H. The van der Waals surface area contributed by atoms with Gasteiger partial charge in [0.2, 0.25) is 5.95 Å². The number of hydrogen-bond donors (Lipinski definition) is 0. The monoisotopic (exact) mass is 788 g/mol. The third-order valence-corrected chi connectivity index (χ3v) is 13.1. The summed E-state index contributed by atoms with van der Waals surface area (Å²) >= 11 is 0. The molecule has 4 heteroatoms. The molecule has 0 fully saturated rings. The molecular weight excluding hydrogens is 753 g/mol. The highest BCUT2D eigenvalue weighted by molar-refractivity contribution is 6.22. The van der Waals surface area contributed by atoms with Gasteiger partial charge in [-0.25, -0.2) is 9.97 Å². The zero-order chi connectivity index (χ0) is 40.8. The summed E-state index contributed by atoms with van der Waals surface area (Å²) in [6.07, 6.45) is 3.93. The number of para-hydroxylation sites is 1. The minimum Gasteiger partial charge on any atom is -0.278 e. The Morgan fingerprint density at radius 1 is 0.403 bits per heavy atom. The minimum absolute atomic E-state index is 0.583. The highest BCUT2D eigenvalue weighted by Crippen LogP contribution is 2.57. The van der Waals surface area contributed by atoms with E-state index in [1.807, 2.05) is 12.3 Å². The van der Waals surface area contributed by atoms with Crippen molar-refractivity contribution in [2.45, 2.75) is 5.41 Å². The second kappa shape index (κ2) is 13.4. The number of aromatic nitrogens is 4. The van der Waals surface area contributed by atoms with E-state index in [1.165, 1.54) is 54.7 Å². The molecule has 62 heavy (non-hydrogen) atoms. The average Bonchev–Trinajstić information content (AvgIpc) is 3.83. The lowest BCUT2D eigenvalue weighted by molar-refractivity contribution is 0.764. The molecule has 3 aromatic heterocycles. The van der Waals surface area contributed by atoms with Crippen LogP contribution in [0.4, 0.5) is 0 Å². The van der Waals surface area contributed by atoms with E-state index in [2.05, 4.69) is 211 Å². The molecular formula is C58H36N4. The van der Waals surface area contributed by atoms with E-state index in [9.17, 15) is 0 Å². The first-order chi connectivity index (χ1) is 30.7. The van der Waals surface area contributed by atoms with Crippen LogP contribution in [0.15, 0.2) is 219 Å². The number of hydrogen-bond acceptors (Lipinski definition) is 3. The molecule has 0 aliphatic heterocycles. The summed E-state index contributed by atoms with van der Waals surface area (Å²) in [6, 6.07) is 74.7. The van der Waals surface area contributed by atoms with Gasteiger partial charge in [-0.3, -0.25) is 9.55 Å². The Labute approximate surface area is 358 Å². The van der Waals surface area contributed by atoms with Crippen molar-refractivity contribution in [2.24, 2.45) is 0 Å². The SMILES string of the molecule is c1ccc(-c2nc(-n3c4ccc(-c5ccc6c(c5)C(c5ccccc5)(c5cccnc5)c5cc7ccccc7cc5-6)cc4c4c5ccccc5ccc43)nc3ccccc23)cc1. The Kier molecular flexibility index (Phi) is 7.49. The summed E-state index contributed by atoms with van der Waals surface area (Å²) in [4.78, 5) is 15.4. The number of fused-ring (bicyclic) bond motifs is 10. The Morgan fingerprint density at radius 2 is 1.06 bits per heavy atom. The van der Waals surface area contributed by atoms with Gasteiger partial charge in [0.15, 0.2) is 0 Å². The zero-order valence-electron chi connectivity index (χ0n) is 33.6. The predicted molar refractivity (Wildman–Crippen MR) is 255 cm³/mol. The van der Waals surface area contributed by atoms with Crippen LogP contribution in [-0.2, 0) is 5.41 Å². The van der Waals surface area contributed by atoms with Crippen molar-refractivity contribution in [1.29, 1.82) is 0 Å². The number of rotatable bonds is 5. The van der Waals surface area contributed by atoms with Crippen LogP contribution in [0.25, 0.3) is 93.7 Å². The van der Waals surface area contributed by atoms with Gasteiger partial charge in [0.25, 0.3) is 0 Å². The highest BCUT2D eigenvalue weighted by atomic mass is 15.2. The van der Waals surface area contributed by atoms with Crippen LogP contribution in [0.3, 0.4) is 0 Å². The molecule has 4 nitrogen and oxygen atoms in total. The normalized spacial score (nSPS) is 14.5. The van der Waals surface area contributed by atoms with E-state index in [4.69, 9.17) is 15.0 Å². The fraction of sp³-hybridized carbons (Fsp3) is 0.0172. The number of nitrogens with zero attached hydrogens (tertiary/aromatic N) is 4. The molecule has 0 saturated heterocycles. The Bertz CT molecular complexity index is 3700. The van der Waals surface area contributed by atoms with Crippen molar-refractivity contribution in [3.05, 3.63) is 241 Å². The maximum absolute atomic E-state index is 5.37. The van der Waals surface area contributed by atoms with Gasteiger partial charge >= 0.3 is 0 Å². The second-order valence-electron chi connectivity index (χ2n) is 16.4. The van der Waals surface area contributed by atoms with Gasteiger partial charge in [0.1, 0.15) is 0 Å². The van der Waals surface area contributed by atoms with Gasteiger partial charge in [-0.2, -0.15) is 0 Å². The van der Waals surface area contributed by atoms with Crippen molar-refractivity contribution in [1.82, 2.24) is 19.5 Å². The molecule has 288 valence electrons.